The molecule has 17 heavy (non-hydrogen) atoms. The number of sulfonamides is 1. The maximum absolute atomic E-state index is 10.7. The topological polar surface area (TPSA) is 98.0 Å². The molecule has 0 bridgehead atoms. The third kappa shape index (κ3) is 3.35. The molecule has 0 spiro atoms. The van der Waals surface area contributed by atoms with Crippen LogP contribution in [0.25, 0.3) is 10.2 Å². The molecule has 0 amide bonds. The minimum atomic E-state index is -3.38. The molecule has 0 aliphatic rings. The van der Waals surface area contributed by atoms with Crippen LogP contribution in [0.5, 0.6) is 0 Å². The first-order valence-corrected chi connectivity index (χ1v) is 7.58. The van der Waals surface area contributed by atoms with Crippen LogP contribution in [0.3, 0.4) is 0 Å². The second-order valence-electron chi connectivity index (χ2n) is 3.51. The van der Waals surface area contributed by atoms with Crippen LogP contribution in [0.4, 0.5) is 5.82 Å². The van der Waals surface area contributed by atoms with Gasteiger partial charge >= 0.3 is 0 Å². The van der Waals surface area contributed by atoms with Gasteiger partial charge in [0.2, 0.25) is 10.0 Å². The van der Waals surface area contributed by atoms with Gasteiger partial charge in [-0.3, -0.25) is 0 Å². The first-order chi connectivity index (χ1) is 8.06. The summed E-state index contributed by atoms with van der Waals surface area (Å²) in [5, 5.41) is 10.9. The maximum atomic E-state index is 10.7. The van der Waals surface area contributed by atoms with Crippen molar-refractivity contribution in [2.45, 2.75) is 6.42 Å². The molecule has 6 nitrogen and oxygen atoms in total. The molecule has 0 saturated heterocycles. The van der Waals surface area contributed by atoms with Gasteiger partial charge in [0.05, 0.1) is 11.1 Å². The van der Waals surface area contributed by atoms with Crippen LogP contribution in [0.2, 0.25) is 0 Å². The molecule has 0 atom stereocenters. The number of anilines is 1. The summed E-state index contributed by atoms with van der Waals surface area (Å²) < 4.78 is 21.5. The zero-order valence-corrected chi connectivity index (χ0v) is 10.6. The standard InChI is InChI=1S/C9H12N4O2S2/c10-17(14,15)5-1-3-11-8-7-2-4-16-9(7)13-6-12-8/h2,4,6H,1,3,5H2,(H2,10,14,15)(H,11,12,13). The number of thiophene rings is 1. The fraction of sp³-hybridized carbons (Fsp3) is 0.333. The van der Waals surface area contributed by atoms with Gasteiger partial charge in [-0.05, 0) is 17.9 Å². The van der Waals surface area contributed by atoms with Crippen LogP contribution < -0.4 is 10.5 Å². The Labute approximate surface area is 103 Å². The summed E-state index contributed by atoms with van der Waals surface area (Å²) in [6, 6.07) is 1.93. The highest BCUT2D eigenvalue weighted by molar-refractivity contribution is 7.89. The van der Waals surface area contributed by atoms with Crippen molar-refractivity contribution in [3.05, 3.63) is 17.8 Å². The molecule has 0 aromatic carbocycles. The van der Waals surface area contributed by atoms with E-state index in [9.17, 15) is 8.42 Å². The van der Waals surface area contributed by atoms with Crippen molar-refractivity contribution in [3.8, 4) is 0 Å². The zero-order chi connectivity index (χ0) is 12.3. The molecule has 2 rings (SSSR count). The summed E-state index contributed by atoms with van der Waals surface area (Å²) in [6.07, 6.45) is 1.94. The number of nitrogens with one attached hydrogen (secondary N) is 1. The van der Waals surface area contributed by atoms with Crippen molar-refractivity contribution in [1.29, 1.82) is 0 Å². The van der Waals surface area contributed by atoms with Crippen molar-refractivity contribution in [3.63, 3.8) is 0 Å². The third-order valence-electron chi connectivity index (χ3n) is 2.16. The van der Waals surface area contributed by atoms with Crippen molar-refractivity contribution < 1.29 is 8.42 Å². The van der Waals surface area contributed by atoms with E-state index in [1.165, 1.54) is 17.7 Å². The second-order valence-corrected chi connectivity index (χ2v) is 6.14. The van der Waals surface area contributed by atoms with Gasteiger partial charge in [0.15, 0.2) is 0 Å². The number of primary sulfonamides is 1. The van der Waals surface area contributed by atoms with Gasteiger partial charge in [-0.15, -0.1) is 11.3 Å². The summed E-state index contributed by atoms with van der Waals surface area (Å²) in [5.74, 6) is 0.698. The van der Waals surface area contributed by atoms with E-state index in [0.29, 0.717) is 13.0 Å². The minimum Gasteiger partial charge on any atom is -0.369 e. The van der Waals surface area contributed by atoms with Crippen LogP contribution in [-0.2, 0) is 10.0 Å². The molecule has 0 aliphatic carbocycles. The highest BCUT2D eigenvalue weighted by Crippen LogP contribution is 2.23. The molecular weight excluding hydrogens is 260 g/mol. The van der Waals surface area contributed by atoms with Crippen LogP contribution in [-0.4, -0.2) is 30.7 Å². The minimum absolute atomic E-state index is 0.0299. The lowest BCUT2D eigenvalue weighted by Crippen LogP contribution is -2.18. The Kier molecular flexibility index (Phi) is 3.55. The van der Waals surface area contributed by atoms with Crippen molar-refractivity contribution in [1.82, 2.24) is 9.97 Å². The van der Waals surface area contributed by atoms with Gasteiger partial charge in [0, 0.05) is 6.54 Å². The van der Waals surface area contributed by atoms with Gasteiger partial charge in [0.1, 0.15) is 17.0 Å². The van der Waals surface area contributed by atoms with Crippen molar-refractivity contribution in [2.75, 3.05) is 17.6 Å². The molecule has 8 heteroatoms. The summed E-state index contributed by atoms with van der Waals surface area (Å²) in [5.41, 5.74) is 0. The quantitative estimate of drug-likeness (QED) is 0.784. The SMILES string of the molecule is NS(=O)(=O)CCCNc1ncnc2sccc12. The van der Waals surface area contributed by atoms with Gasteiger partial charge in [0.25, 0.3) is 0 Å². The van der Waals surface area contributed by atoms with Gasteiger partial charge in [-0.1, -0.05) is 0 Å². The molecule has 0 unspecified atom stereocenters. The Hall–Kier alpha value is -1.25. The van der Waals surface area contributed by atoms with E-state index < -0.39 is 10.0 Å². The van der Waals surface area contributed by atoms with E-state index in [1.54, 1.807) is 0 Å². The number of rotatable bonds is 5. The smallest absolute Gasteiger partial charge is 0.209 e. The Morgan fingerprint density at radius 3 is 3.00 bits per heavy atom. The largest absolute Gasteiger partial charge is 0.369 e. The fourth-order valence-corrected chi connectivity index (χ4v) is 2.69. The number of hydrogen-bond acceptors (Lipinski definition) is 6. The number of aromatic nitrogens is 2. The molecule has 0 fully saturated rings. The van der Waals surface area contributed by atoms with Crippen LogP contribution in [0, 0.1) is 0 Å². The monoisotopic (exact) mass is 272 g/mol. The van der Waals surface area contributed by atoms with E-state index in [0.717, 1.165) is 16.0 Å². The van der Waals surface area contributed by atoms with Crippen molar-refractivity contribution >= 4 is 37.4 Å². The third-order valence-corrected chi connectivity index (χ3v) is 3.84. The fourth-order valence-electron chi connectivity index (χ4n) is 1.41. The number of nitrogens with two attached hydrogens (primary N) is 1. The summed E-state index contributed by atoms with van der Waals surface area (Å²) >= 11 is 1.54. The molecule has 92 valence electrons. The molecule has 3 N–H and O–H groups in total. The lowest BCUT2D eigenvalue weighted by Gasteiger charge is -2.05. The Morgan fingerprint density at radius 1 is 1.41 bits per heavy atom. The number of hydrogen-bond donors (Lipinski definition) is 2. The molecule has 2 aromatic rings. The highest BCUT2D eigenvalue weighted by atomic mass is 32.2. The number of nitrogens with zero attached hydrogens (tertiary/aromatic N) is 2. The normalized spacial score (nSPS) is 11.8. The van der Waals surface area contributed by atoms with Gasteiger partial charge in [-0.2, -0.15) is 0 Å². The molecule has 0 saturated carbocycles. The van der Waals surface area contributed by atoms with E-state index in [2.05, 4.69) is 15.3 Å². The van der Waals surface area contributed by atoms with E-state index in [-0.39, 0.29) is 5.75 Å². The predicted molar refractivity (Wildman–Crippen MR) is 68.5 cm³/mol. The molecule has 0 aliphatic heterocycles. The Bertz CT molecular complexity index is 608. The lowest BCUT2D eigenvalue weighted by molar-refractivity contribution is 0.596. The highest BCUT2D eigenvalue weighted by Gasteiger charge is 2.05. The first kappa shape index (κ1) is 12.2. The Balaban J connectivity index is 1.97. The van der Waals surface area contributed by atoms with Gasteiger partial charge in [-0.25, -0.2) is 23.5 Å². The van der Waals surface area contributed by atoms with Crippen molar-refractivity contribution in [2.24, 2.45) is 5.14 Å². The van der Waals surface area contributed by atoms with E-state index in [1.807, 2.05) is 11.4 Å². The molecule has 2 aromatic heterocycles. The summed E-state index contributed by atoms with van der Waals surface area (Å²) in [4.78, 5) is 9.15. The Morgan fingerprint density at radius 2 is 2.24 bits per heavy atom. The molecule has 2 heterocycles. The first-order valence-electron chi connectivity index (χ1n) is 4.99. The summed E-state index contributed by atoms with van der Waals surface area (Å²) in [6.45, 7) is 0.512. The van der Waals surface area contributed by atoms with Gasteiger partial charge < -0.3 is 5.32 Å². The van der Waals surface area contributed by atoms with E-state index in [4.69, 9.17) is 5.14 Å². The molecular formula is C9H12N4O2S2. The zero-order valence-electron chi connectivity index (χ0n) is 8.96. The maximum Gasteiger partial charge on any atom is 0.209 e. The summed E-state index contributed by atoms with van der Waals surface area (Å²) in [7, 11) is -3.38. The lowest BCUT2D eigenvalue weighted by atomic mass is 10.3. The van der Waals surface area contributed by atoms with Crippen LogP contribution >= 0.6 is 11.3 Å². The average Bonchev–Trinajstić information content (AvgIpc) is 2.71. The van der Waals surface area contributed by atoms with E-state index >= 15 is 0 Å². The van der Waals surface area contributed by atoms with Crippen LogP contribution in [0.15, 0.2) is 17.8 Å². The molecule has 0 radical (unpaired) electrons. The van der Waals surface area contributed by atoms with Crippen LogP contribution in [0.1, 0.15) is 6.42 Å². The predicted octanol–water partition coefficient (Wildman–Crippen LogP) is 0.782. The second kappa shape index (κ2) is 4.94. The number of fused-ring (bicyclic) bond motifs is 1. The average molecular weight is 272 g/mol.